The van der Waals surface area contributed by atoms with Gasteiger partial charge in [0.15, 0.2) is 11.5 Å². The van der Waals surface area contributed by atoms with Gasteiger partial charge >= 0.3 is 5.97 Å². The molecule has 1 atom stereocenters. The lowest BCUT2D eigenvalue weighted by molar-refractivity contribution is -0.137. The number of halogens is 1. The summed E-state index contributed by atoms with van der Waals surface area (Å²) in [6.45, 7) is 0. The number of hydrogen-bond donors (Lipinski definition) is 2. The van der Waals surface area contributed by atoms with Crippen LogP contribution in [-0.2, 0) is 4.79 Å². The Kier molecular flexibility index (Phi) is 3.66. The van der Waals surface area contributed by atoms with Crippen LogP contribution in [0.2, 0.25) is 5.02 Å². The van der Waals surface area contributed by atoms with Crippen LogP contribution in [0.4, 0.5) is 0 Å². The summed E-state index contributed by atoms with van der Waals surface area (Å²) in [4.78, 5) is 10.9. The molecule has 0 bridgehead atoms. The topological polar surface area (TPSA) is 66.8 Å². The Morgan fingerprint density at radius 3 is 2.72 bits per heavy atom. The van der Waals surface area contributed by atoms with E-state index in [1.165, 1.54) is 13.2 Å². The monoisotopic (exact) mass is 270 g/mol. The zero-order valence-corrected chi connectivity index (χ0v) is 10.8. The van der Waals surface area contributed by atoms with Gasteiger partial charge in [0.05, 0.1) is 13.5 Å². The van der Waals surface area contributed by atoms with Crippen molar-refractivity contribution in [2.45, 2.75) is 25.2 Å². The lowest BCUT2D eigenvalue weighted by Crippen LogP contribution is -2.09. The molecule has 4 nitrogen and oxygen atoms in total. The van der Waals surface area contributed by atoms with Gasteiger partial charge in [-0.1, -0.05) is 11.6 Å². The maximum atomic E-state index is 10.9. The highest BCUT2D eigenvalue weighted by Crippen LogP contribution is 2.48. The number of carbonyl (C=O) groups is 1. The number of phenols is 1. The number of benzene rings is 1. The fourth-order valence-corrected chi connectivity index (χ4v) is 2.52. The second kappa shape index (κ2) is 5.06. The first-order chi connectivity index (χ1) is 8.52. The molecule has 0 heterocycles. The minimum atomic E-state index is -0.838. The van der Waals surface area contributed by atoms with Gasteiger partial charge in [0, 0.05) is 11.1 Å². The molecular weight excluding hydrogens is 256 g/mol. The molecule has 1 aromatic carbocycles. The van der Waals surface area contributed by atoms with Gasteiger partial charge in [0.25, 0.3) is 0 Å². The van der Waals surface area contributed by atoms with E-state index < -0.39 is 5.97 Å². The molecule has 5 heteroatoms. The summed E-state index contributed by atoms with van der Waals surface area (Å²) in [5, 5.41) is 19.0. The standard InChI is InChI=1S/C13H15ClO4/c1-18-12-4-9(10(14)6-11(12)15)8(5-13(16)17)7-2-3-7/h4,6-8,15H,2-3,5H2,1H3,(H,16,17). The predicted octanol–water partition coefficient (Wildman–Crippen LogP) is 3.02. The highest BCUT2D eigenvalue weighted by molar-refractivity contribution is 6.31. The molecule has 0 aromatic heterocycles. The molecule has 98 valence electrons. The number of rotatable bonds is 5. The second-order valence-electron chi connectivity index (χ2n) is 4.59. The van der Waals surface area contributed by atoms with Gasteiger partial charge in [-0.2, -0.15) is 0 Å². The molecule has 2 N–H and O–H groups in total. The first-order valence-electron chi connectivity index (χ1n) is 5.81. The zero-order chi connectivity index (χ0) is 13.3. The molecule has 1 aliphatic carbocycles. The Labute approximate surface area is 110 Å². The van der Waals surface area contributed by atoms with Gasteiger partial charge < -0.3 is 14.9 Å². The van der Waals surface area contributed by atoms with E-state index in [-0.39, 0.29) is 18.1 Å². The van der Waals surface area contributed by atoms with Crippen LogP contribution in [0.25, 0.3) is 0 Å². The molecule has 0 radical (unpaired) electrons. The summed E-state index contributed by atoms with van der Waals surface area (Å²) in [6.07, 6.45) is 2.10. The Hall–Kier alpha value is -1.42. The van der Waals surface area contributed by atoms with Gasteiger partial charge in [0.1, 0.15) is 0 Å². The summed E-state index contributed by atoms with van der Waals surface area (Å²) in [5.74, 6) is -0.283. The number of methoxy groups -OCH3 is 1. The van der Waals surface area contributed by atoms with E-state index in [4.69, 9.17) is 21.4 Å². The number of aromatic hydroxyl groups is 1. The van der Waals surface area contributed by atoms with E-state index in [0.29, 0.717) is 16.7 Å². The van der Waals surface area contributed by atoms with Crippen molar-refractivity contribution >= 4 is 17.6 Å². The minimum Gasteiger partial charge on any atom is -0.504 e. The smallest absolute Gasteiger partial charge is 0.303 e. The summed E-state index contributed by atoms with van der Waals surface area (Å²) >= 11 is 6.10. The van der Waals surface area contributed by atoms with E-state index in [9.17, 15) is 9.90 Å². The first kappa shape index (κ1) is 13.0. The highest BCUT2D eigenvalue weighted by Gasteiger charge is 2.35. The lowest BCUT2D eigenvalue weighted by Gasteiger charge is -2.17. The van der Waals surface area contributed by atoms with E-state index in [0.717, 1.165) is 18.4 Å². The highest BCUT2D eigenvalue weighted by atomic mass is 35.5. The van der Waals surface area contributed by atoms with E-state index in [2.05, 4.69) is 0 Å². The lowest BCUT2D eigenvalue weighted by atomic mass is 9.90. The Balaban J connectivity index is 2.37. The van der Waals surface area contributed by atoms with Crippen LogP contribution in [0.3, 0.4) is 0 Å². The zero-order valence-electron chi connectivity index (χ0n) is 10.0. The third kappa shape index (κ3) is 2.70. The number of carboxylic acid groups (broad SMARTS) is 1. The predicted molar refractivity (Wildman–Crippen MR) is 67.4 cm³/mol. The molecule has 0 amide bonds. The first-order valence-corrected chi connectivity index (χ1v) is 6.19. The van der Waals surface area contributed by atoms with Crippen LogP contribution in [0, 0.1) is 5.92 Å². The molecule has 1 aromatic rings. The number of hydrogen-bond acceptors (Lipinski definition) is 3. The fraction of sp³-hybridized carbons (Fsp3) is 0.462. The van der Waals surface area contributed by atoms with Crippen molar-refractivity contribution in [3.05, 3.63) is 22.7 Å². The van der Waals surface area contributed by atoms with E-state index in [1.807, 2.05) is 0 Å². The largest absolute Gasteiger partial charge is 0.504 e. The van der Waals surface area contributed by atoms with Crippen LogP contribution in [0.1, 0.15) is 30.7 Å². The van der Waals surface area contributed by atoms with Gasteiger partial charge in [0.2, 0.25) is 0 Å². The van der Waals surface area contributed by atoms with Crippen molar-refractivity contribution in [3.8, 4) is 11.5 Å². The molecule has 18 heavy (non-hydrogen) atoms. The Morgan fingerprint density at radius 2 is 2.22 bits per heavy atom. The number of ether oxygens (including phenoxy) is 1. The van der Waals surface area contributed by atoms with Crippen LogP contribution < -0.4 is 4.74 Å². The maximum absolute atomic E-state index is 10.9. The fourth-order valence-electron chi connectivity index (χ4n) is 2.22. The van der Waals surface area contributed by atoms with Gasteiger partial charge in [-0.25, -0.2) is 0 Å². The van der Waals surface area contributed by atoms with E-state index >= 15 is 0 Å². The van der Waals surface area contributed by atoms with Crippen molar-refractivity contribution in [2.75, 3.05) is 7.11 Å². The normalized spacial score (nSPS) is 16.3. The summed E-state index contributed by atoms with van der Waals surface area (Å²) in [7, 11) is 1.45. The van der Waals surface area contributed by atoms with Gasteiger partial charge in [-0.15, -0.1) is 0 Å². The van der Waals surface area contributed by atoms with Crippen LogP contribution >= 0.6 is 11.6 Å². The Morgan fingerprint density at radius 1 is 1.56 bits per heavy atom. The average Bonchev–Trinajstić information content (AvgIpc) is 3.10. The summed E-state index contributed by atoms with van der Waals surface area (Å²) < 4.78 is 5.04. The summed E-state index contributed by atoms with van der Waals surface area (Å²) in [5.41, 5.74) is 0.746. The average molecular weight is 271 g/mol. The van der Waals surface area contributed by atoms with Crippen molar-refractivity contribution < 1.29 is 19.7 Å². The third-order valence-corrected chi connectivity index (χ3v) is 3.61. The molecule has 2 rings (SSSR count). The van der Waals surface area contributed by atoms with E-state index in [1.54, 1.807) is 6.07 Å². The molecule has 0 saturated heterocycles. The number of phenolic OH excluding ortho intramolecular Hbond substituents is 1. The van der Waals surface area contributed by atoms with Crippen molar-refractivity contribution in [2.24, 2.45) is 5.92 Å². The molecular formula is C13H15ClO4. The second-order valence-corrected chi connectivity index (χ2v) is 4.99. The Bertz CT molecular complexity index is 468. The molecule has 0 aliphatic heterocycles. The maximum Gasteiger partial charge on any atom is 0.303 e. The van der Waals surface area contributed by atoms with Crippen LogP contribution in [0.15, 0.2) is 12.1 Å². The van der Waals surface area contributed by atoms with Crippen molar-refractivity contribution in [1.82, 2.24) is 0 Å². The van der Waals surface area contributed by atoms with Crippen molar-refractivity contribution in [3.63, 3.8) is 0 Å². The SMILES string of the molecule is COc1cc(C(CC(=O)O)C2CC2)c(Cl)cc1O. The van der Waals surface area contributed by atoms with Gasteiger partial charge in [-0.05, 0) is 36.3 Å². The molecule has 0 spiro atoms. The van der Waals surface area contributed by atoms with Crippen LogP contribution in [-0.4, -0.2) is 23.3 Å². The summed E-state index contributed by atoms with van der Waals surface area (Å²) in [6, 6.07) is 3.05. The number of aliphatic carboxylic acids is 1. The minimum absolute atomic E-state index is 0.0314. The third-order valence-electron chi connectivity index (χ3n) is 3.28. The molecule has 1 unspecified atom stereocenters. The van der Waals surface area contributed by atoms with Gasteiger partial charge in [-0.3, -0.25) is 4.79 Å². The quantitative estimate of drug-likeness (QED) is 0.863. The molecule has 1 aliphatic rings. The molecule has 1 saturated carbocycles. The van der Waals surface area contributed by atoms with Crippen molar-refractivity contribution in [1.29, 1.82) is 0 Å². The molecule has 1 fully saturated rings. The van der Waals surface area contributed by atoms with Crippen LogP contribution in [0.5, 0.6) is 11.5 Å². The number of carboxylic acids is 1.